The largest absolute Gasteiger partial charge is 0.490 e. The second-order valence-corrected chi connectivity index (χ2v) is 6.57. The number of rotatable bonds is 6. The number of amides is 1. The maximum atomic E-state index is 12.3. The lowest BCUT2D eigenvalue weighted by Crippen LogP contribution is -2.33. The van der Waals surface area contributed by atoms with Crippen molar-refractivity contribution in [1.82, 2.24) is 4.90 Å². The molecule has 0 bridgehead atoms. The van der Waals surface area contributed by atoms with Crippen LogP contribution in [0.1, 0.15) is 19.4 Å². The number of nitrogens with zero attached hydrogens (tertiary/aromatic N) is 1. The molecule has 1 aromatic carbocycles. The minimum atomic E-state index is -1.14. The summed E-state index contributed by atoms with van der Waals surface area (Å²) in [7, 11) is 0. The molecule has 132 valence electrons. The first kappa shape index (κ1) is 18.9. The lowest BCUT2D eigenvalue weighted by atomic mass is 10.2. The van der Waals surface area contributed by atoms with E-state index in [2.05, 4.69) is 0 Å². The first-order valence-electron chi connectivity index (χ1n) is 7.24. The van der Waals surface area contributed by atoms with Gasteiger partial charge in [-0.15, -0.1) is 0 Å². The topological polar surface area (TPSA) is 93.1 Å². The fourth-order valence-electron chi connectivity index (χ4n) is 2.04. The highest BCUT2D eigenvalue weighted by Crippen LogP contribution is 2.34. The molecule has 1 aliphatic rings. The molecule has 1 amide bonds. The van der Waals surface area contributed by atoms with Gasteiger partial charge in [0.1, 0.15) is 10.9 Å². The Balaban J connectivity index is 2.29. The molecular formula is C16H15NO6S2. The van der Waals surface area contributed by atoms with Gasteiger partial charge < -0.3 is 14.6 Å². The summed E-state index contributed by atoms with van der Waals surface area (Å²) in [5.41, 5.74) is 0.634. The van der Waals surface area contributed by atoms with E-state index in [4.69, 9.17) is 26.8 Å². The molecule has 0 saturated carbocycles. The number of carbonyl (C=O) groups is 3. The van der Waals surface area contributed by atoms with Crippen LogP contribution in [0.3, 0.4) is 0 Å². The summed E-state index contributed by atoms with van der Waals surface area (Å²) in [6.07, 6.45) is 1.58. The number of carboxylic acid groups (broad SMARTS) is 1. The van der Waals surface area contributed by atoms with E-state index in [-0.39, 0.29) is 10.1 Å². The maximum absolute atomic E-state index is 12.3. The molecule has 1 fully saturated rings. The lowest BCUT2D eigenvalue weighted by Gasteiger charge is -2.11. The average molecular weight is 381 g/mol. The molecule has 0 aliphatic carbocycles. The minimum absolute atomic E-state index is 0.195. The Morgan fingerprint density at radius 1 is 1.36 bits per heavy atom. The molecule has 2 rings (SSSR count). The van der Waals surface area contributed by atoms with Gasteiger partial charge in [0.25, 0.3) is 5.91 Å². The van der Waals surface area contributed by atoms with Gasteiger partial charge >= 0.3 is 11.9 Å². The molecule has 1 aliphatic heterocycles. The maximum Gasteiger partial charge on any atom is 0.323 e. The summed E-state index contributed by atoms with van der Waals surface area (Å²) in [6, 6.07) is 4.85. The van der Waals surface area contributed by atoms with Crippen LogP contribution in [0.15, 0.2) is 23.1 Å². The number of hydrogen-bond acceptors (Lipinski definition) is 7. The second-order valence-electron chi connectivity index (χ2n) is 4.89. The standard InChI is InChI=1S/C16H15NO6S2/c1-3-22-12-6-10(4-5-11(12)23-9(2)18)7-13-15(21)17(8-14(19)20)16(24)25-13/h4-7H,3,8H2,1-2H3,(H,19,20)/b13-7-. The van der Waals surface area contributed by atoms with Gasteiger partial charge in [-0.25, -0.2) is 0 Å². The second kappa shape index (κ2) is 8.13. The number of aliphatic carboxylic acids is 1. The number of thioether (sulfide) groups is 1. The Hall–Kier alpha value is -2.39. The number of ether oxygens (including phenoxy) is 2. The first-order valence-corrected chi connectivity index (χ1v) is 8.46. The van der Waals surface area contributed by atoms with Gasteiger partial charge in [-0.2, -0.15) is 0 Å². The van der Waals surface area contributed by atoms with E-state index in [1.807, 2.05) is 0 Å². The fourth-order valence-corrected chi connectivity index (χ4v) is 3.30. The molecular weight excluding hydrogens is 366 g/mol. The molecule has 0 radical (unpaired) electrons. The smallest absolute Gasteiger partial charge is 0.323 e. The highest BCUT2D eigenvalue weighted by molar-refractivity contribution is 8.26. The number of benzene rings is 1. The lowest BCUT2D eigenvalue weighted by molar-refractivity contribution is -0.140. The molecule has 9 heteroatoms. The predicted molar refractivity (Wildman–Crippen MR) is 96.4 cm³/mol. The highest BCUT2D eigenvalue weighted by Gasteiger charge is 2.33. The predicted octanol–water partition coefficient (Wildman–Crippen LogP) is 2.30. The van der Waals surface area contributed by atoms with Crippen molar-refractivity contribution in [3.05, 3.63) is 28.7 Å². The summed E-state index contributed by atoms with van der Waals surface area (Å²) in [4.78, 5) is 35.6. The Morgan fingerprint density at radius 2 is 2.08 bits per heavy atom. The normalized spacial score (nSPS) is 15.6. The van der Waals surface area contributed by atoms with Crippen LogP contribution in [0.4, 0.5) is 0 Å². The Labute approximate surface area is 153 Å². The van der Waals surface area contributed by atoms with Gasteiger partial charge in [-0.3, -0.25) is 19.3 Å². The van der Waals surface area contributed by atoms with Crippen molar-refractivity contribution in [2.24, 2.45) is 0 Å². The number of thiocarbonyl (C=S) groups is 1. The SMILES string of the molecule is CCOc1cc(/C=C2\SC(=S)N(CC(=O)O)C2=O)ccc1OC(C)=O. The van der Waals surface area contributed by atoms with Crippen LogP contribution >= 0.6 is 24.0 Å². The van der Waals surface area contributed by atoms with Crippen molar-refractivity contribution in [3.8, 4) is 11.5 Å². The van der Waals surface area contributed by atoms with E-state index >= 15 is 0 Å². The third-order valence-electron chi connectivity index (χ3n) is 2.99. The zero-order chi connectivity index (χ0) is 18.6. The molecule has 25 heavy (non-hydrogen) atoms. The van der Waals surface area contributed by atoms with E-state index in [0.717, 1.165) is 16.7 Å². The summed E-state index contributed by atoms with van der Waals surface area (Å²) >= 11 is 6.08. The van der Waals surface area contributed by atoms with Crippen LogP contribution in [0, 0.1) is 0 Å². The van der Waals surface area contributed by atoms with Crippen molar-refractivity contribution < 1.29 is 29.0 Å². The monoisotopic (exact) mass is 381 g/mol. The van der Waals surface area contributed by atoms with Crippen LogP contribution in [0.2, 0.25) is 0 Å². The van der Waals surface area contributed by atoms with Gasteiger partial charge in [0.2, 0.25) is 0 Å². The zero-order valence-corrected chi connectivity index (χ0v) is 15.1. The highest BCUT2D eigenvalue weighted by atomic mass is 32.2. The fraction of sp³-hybridized carbons (Fsp3) is 0.250. The molecule has 1 heterocycles. The van der Waals surface area contributed by atoms with Crippen LogP contribution < -0.4 is 9.47 Å². The van der Waals surface area contributed by atoms with E-state index in [1.54, 1.807) is 31.2 Å². The minimum Gasteiger partial charge on any atom is -0.490 e. The van der Waals surface area contributed by atoms with E-state index in [9.17, 15) is 14.4 Å². The van der Waals surface area contributed by atoms with Gasteiger partial charge in [-0.1, -0.05) is 30.0 Å². The van der Waals surface area contributed by atoms with Gasteiger partial charge in [0.15, 0.2) is 11.5 Å². The van der Waals surface area contributed by atoms with Crippen molar-refractivity contribution in [2.75, 3.05) is 13.2 Å². The Bertz CT molecular complexity index is 774. The molecule has 0 unspecified atom stereocenters. The molecule has 1 N–H and O–H groups in total. The number of carboxylic acids is 1. The molecule has 7 nitrogen and oxygen atoms in total. The van der Waals surface area contributed by atoms with Gasteiger partial charge in [0.05, 0.1) is 11.5 Å². The van der Waals surface area contributed by atoms with Crippen LogP contribution in [-0.2, 0) is 14.4 Å². The summed E-state index contributed by atoms with van der Waals surface area (Å²) in [5.74, 6) is -1.41. The number of hydrogen-bond donors (Lipinski definition) is 1. The summed E-state index contributed by atoms with van der Waals surface area (Å²) < 4.78 is 10.7. The van der Waals surface area contributed by atoms with Crippen molar-refractivity contribution in [2.45, 2.75) is 13.8 Å². The van der Waals surface area contributed by atoms with E-state index < -0.39 is 24.4 Å². The van der Waals surface area contributed by atoms with Crippen molar-refractivity contribution >= 4 is 52.2 Å². The summed E-state index contributed by atoms with van der Waals surface area (Å²) in [5, 5.41) is 8.84. The average Bonchev–Trinajstić information content (AvgIpc) is 2.77. The number of carbonyl (C=O) groups excluding carboxylic acids is 2. The summed E-state index contributed by atoms with van der Waals surface area (Å²) in [6.45, 7) is 2.98. The molecule has 0 spiro atoms. The quantitative estimate of drug-likeness (QED) is 0.347. The van der Waals surface area contributed by atoms with E-state index in [1.165, 1.54) is 6.92 Å². The zero-order valence-electron chi connectivity index (χ0n) is 13.5. The van der Waals surface area contributed by atoms with Gasteiger partial charge in [-0.05, 0) is 30.7 Å². The molecule has 0 aromatic heterocycles. The molecule has 1 aromatic rings. The Morgan fingerprint density at radius 3 is 2.68 bits per heavy atom. The van der Waals surface area contributed by atoms with Crippen LogP contribution in [0.5, 0.6) is 11.5 Å². The number of esters is 1. The molecule has 1 saturated heterocycles. The third kappa shape index (κ3) is 4.80. The van der Waals surface area contributed by atoms with E-state index in [0.29, 0.717) is 22.8 Å². The first-order chi connectivity index (χ1) is 11.8. The molecule has 0 atom stereocenters. The van der Waals surface area contributed by atoms with Crippen LogP contribution in [0.25, 0.3) is 6.08 Å². The third-order valence-corrected chi connectivity index (χ3v) is 4.36. The van der Waals surface area contributed by atoms with Crippen LogP contribution in [-0.4, -0.2) is 45.3 Å². The van der Waals surface area contributed by atoms with Crippen molar-refractivity contribution in [1.29, 1.82) is 0 Å². The van der Waals surface area contributed by atoms with Crippen molar-refractivity contribution in [3.63, 3.8) is 0 Å². The van der Waals surface area contributed by atoms with Gasteiger partial charge in [0, 0.05) is 6.92 Å². The Kier molecular flexibility index (Phi) is 6.16.